The Balaban J connectivity index is 1.33. The highest BCUT2D eigenvalue weighted by molar-refractivity contribution is 5.80. The molecule has 2 aliphatic rings. The van der Waals surface area contributed by atoms with E-state index in [1.807, 2.05) is 12.3 Å². The molecule has 0 aromatic carbocycles. The Morgan fingerprint density at radius 2 is 2.03 bits per heavy atom. The van der Waals surface area contributed by atoms with Crippen LogP contribution in [-0.2, 0) is 0 Å². The third-order valence-corrected chi connectivity index (χ3v) is 7.78. The van der Waals surface area contributed by atoms with Gasteiger partial charge in [-0.1, -0.05) is 5.21 Å². The molecule has 0 saturated heterocycles. The first-order valence-electron chi connectivity index (χ1n) is 12.8. The molecule has 11 heteroatoms. The van der Waals surface area contributed by atoms with Crippen molar-refractivity contribution in [3.63, 3.8) is 0 Å². The fraction of sp³-hybridized carbons (Fsp3) is 0.462. The monoisotopic (exact) mass is 498 g/mol. The van der Waals surface area contributed by atoms with Crippen LogP contribution in [0.5, 0.6) is 0 Å². The average molecular weight is 499 g/mol. The quantitative estimate of drug-likeness (QED) is 0.347. The smallest absolute Gasteiger partial charge is 0.167 e. The van der Waals surface area contributed by atoms with Crippen LogP contribution in [0.1, 0.15) is 69.0 Å². The summed E-state index contributed by atoms with van der Waals surface area (Å²) in [6, 6.07) is 5.70. The van der Waals surface area contributed by atoms with E-state index in [0.717, 1.165) is 67.4 Å². The Bertz CT molecular complexity index is 1490. The van der Waals surface area contributed by atoms with Gasteiger partial charge in [0.1, 0.15) is 17.6 Å². The number of aromatic nitrogens is 7. The summed E-state index contributed by atoms with van der Waals surface area (Å²) in [5.41, 5.74) is 9.57. The van der Waals surface area contributed by atoms with Crippen LogP contribution < -0.4 is 11.1 Å². The third kappa shape index (κ3) is 4.49. The molecule has 2 saturated carbocycles. The number of aliphatic hydroxyl groups excluding tert-OH is 1. The number of fused-ring (bicyclic) bond motifs is 1. The van der Waals surface area contributed by atoms with Crippen molar-refractivity contribution in [3.05, 3.63) is 42.0 Å². The largest absolute Gasteiger partial charge is 0.396 e. The molecule has 0 atom stereocenters. The Morgan fingerprint density at radius 3 is 2.76 bits per heavy atom. The molecule has 11 nitrogen and oxygen atoms in total. The number of nitrogen functional groups attached to an aromatic ring is 1. The van der Waals surface area contributed by atoms with Crippen molar-refractivity contribution in [2.24, 2.45) is 5.92 Å². The summed E-state index contributed by atoms with van der Waals surface area (Å²) in [5.74, 6) is 1.75. The number of hydrogen-bond acceptors (Lipinski definition) is 9. The van der Waals surface area contributed by atoms with Crippen LogP contribution in [0.4, 0.5) is 11.5 Å². The second-order valence-corrected chi connectivity index (χ2v) is 10.6. The van der Waals surface area contributed by atoms with E-state index >= 15 is 0 Å². The van der Waals surface area contributed by atoms with Crippen LogP contribution in [0.3, 0.4) is 0 Å². The Morgan fingerprint density at radius 1 is 1.22 bits per heavy atom. The minimum absolute atomic E-state index is 0.0262. The molecule has 37 heavy (non-hydrogen) atoms. The molecule has 0 spiro atoms. The first kappa shape index (κ1) is 23.4. The van der Waals surface area contributed by atoms with Crippen molar-refractivity contribution in [1.29, 1.82) is 5.26 Å². The third-order valence-electron chi connectivity index (χ3n) is 7.78. The number of rotatable bonds is 7. The molecule has 0 bridgehead atoms. The maximum atomic E-state index is 9.27. The van der Waals surface area contributed by atoms with Crippen molar-refractivity contribution in [2.75, 3.05) is 17.7 Å². The van der Waals surface area contributed by atoms with E-state index in [-0.39, 0.29) is 18.0 Å². The SMILES string of the molecule is CC1(Nc2cc(-n3ncc4cc(C#N)c(N)nc43)ncc2-n2cc(C3CCC(CCO)CC3)nn2)CC1. The molecule has 4 N–H and O–H groups in total. The van der Waals surface area contributed by atoms with Gasteiger partial charge in [-0.15, -0.1) is 5.10 Å². The van der Waals surface area contributed by atoms with Crippen molar-refractivity contribution in [2.45, 2.75) is 63.3 Å². The zero-order valence-electron chi connectivity index (χ0n) is 20.8. The van der Waals surface area contributed by atoms with E-state index < -0.39 is 0 Å². The molecule has 2 aliphatic carbocycles. The Hall–Kier alpha value is -4.04. The summed E-state index contributed by atoms with van der Waals surface area (Å²) in [7, 11) is 0. The molecule has 0 unspecified atom stereocenters. The van der Waals surface area contributed by atoms with Crippen molar-refractivity contribution in [3.8, 4) is 17.6 Å². The second kappa shape index (κ2) is 9.12. The van der Waals surface area contributed by atoms with Gasteiger partial charge in [-0.05, 0) is 63.9 Å². The van der Waals surface area contributed by atoms with Gasteiger partial charge in [0, 0.05) is 29.5 Å². The lowest BCUT2D eigenvalue weighted by Gasteiger charge is -2.26. The molecule has 2 fully saturated rings. The lowest BCUT2D eigenvalue weighted by molar-refractivity contribution is 0.221. The van der Waals surface area contributed by atoms with Gasteiger partial charge in [-0.2, -0.15) is 15.0 Å². The maximum Gasteiger partial charge on any atom is 0.167 e. The van der Waals surface area contributed by atoms with E-state index in [1.54, 1.807) is 27.8 Å². The lowest BCUT2D eigenvalue weighted by atomic mass is 9.79. The van der Waals surface area contributed by atoms with Crippen LogP contribution in [0.2, 0.25) is 0 Å². The molecule has 0 aliphatic heterocycles. The molecule has 4 aromatic heterocycles. The number of pyridine rings is 2. The van der Waals surface area contributed by atoms with Gasteiger partial charge in [0.15, 0.2) is 11.5 Å². The van der Waals surface area contributed by atoms with E-state index in [9.17, 15) is 10.4 Å². The summed E-state index contributed by atoms with van der Waals surface area (Å²) in [6.07, 6.45) is 12.9. The molecule has 4 aromatic rings. The van der Waals surface area contributed by atoms with E-state index in [4.69, 9.17) is 5.73 Å². The fourth-order valence-corrected chi connectivity index (χ4v) is 5.21. The number of nitrogens with two attached hydrogens (primary N) is 1. The van der Waals surface area contributed by atoms with Gasteiger partial charge in [-0.25, -0.2) is 14.6 Å². The predicted molar refractivity (Wildman–Crippen MR) is 138 cm³/mol. The molecule has 190 valence electrons. The first-order valence-corrected chi connectivity index (χ1v) is 12.8. The molecular formula is C26H30N10O. The van der Waals surface area contributed by atoms with Gasteiger partial charge in [0.2, 0.25) is 0 Å². The summed E-state index contributed by atoms with van der Waals surface area (Å²) in [6.45, 7) is 2.46. The number of anilines is 2. The number of hydrogen-bond donors (Lipinski definition) is 3. The minimum atomic E-state index is 0.0262. The van der Waals surface area contributed by atoms with Crippen molar-refractivity contribution in [1.82, 2.24) is 34.7 Å². The normalized spacial score (nSPS) is 20.6. The summed E-state index contributed by atoms with van der Waals surface area (Å²) < 4.78 is 3.44. The zero-order chi connectivity index (χ0) is 25.6. The van der Waals surface area contributed by atoms with E-state index in [0.29, 0.717) is 28.9 Å². The van der Waals surface area contributed by atoms with Gasteiger partial charge in [0.05, 0.1) is 35.5 Å². The van der Waals surface area contributed by atoms with Gasteiger partial charge in [-0.3, -0.25) is 0 Å². The number of nitrogens with zero attached hydrogens (tertiary/aromatic N) is 8. The van der Waals surface area contributed by atoms with Crippen LogP contribution >= 0.6 is 0 Å². The summed E-state index contributed by atoms with van der Waals surface area (Å²) in [5, 5.41) is 36.4. The molecule has 0 radical (unpaired) electrons. The van der Waals surface area contributed by atoms with Gasteiger partial charge in [0.25, 0.3) is 0 Å². The standard InChI is InChI=1S/C26H30N10O/c1-26(7-8-26)32-20-11-23(36-25-19(13-30-36)10-18(12-27)24(28)31-25)29-14-22(20)35-15-21(33-34-35)17-4-2-16(3-5-17)6-9-37/h10-11,13-17,37H,2-9H2,1H3,(H2,28,31)(H,29,32). The van der Waals surface area contributed by atoms with Crippen molar-refractivity contribution >= 4 is 22.5 Å². The highest BCUT2D eigenvalue weighted by atomic mass is 16.3. The molecular weight excluding hydrogens is 468 g/mol. The molecule has 4 heterocycles. The summed E-state index contributed by atoms with van der Waals surface area (Å²) >= 11 is 0. The zero-order valence-corrected chi connectivity index (χ0v) is 20.8. The number of aliphatic hydroxyl groups is 1. The first-order chi connectivity index (χ1) is 18.0. The summed E-state index contributed by atoms with van der Waals surface area (Å²) in [4.78, 5) is 9.09. The second-order valence-electron chi connectivity index (χ2n) is 10.6. The lowest BCUT2D eigenvalue weighted by Crippen LogP contribution is -2.18. The van der Waals surface area contributed by atoms with Crippen LogP contribution in [0, 0.1) is 17.2 Å². The number of nitriles is 1. The van der Waals surface area contributed by atoms with E-state index in [1.165, 1.54) is 0 Å². The van der Waals surface area contributed by atoms with Crippen molar-refractivity contribution < 1.29 is 5.11 Å². The topological polar surface area (TPSA) is 156 Å². The van der Waals surface area contributed by atoms with E-state index in [2.05, 4.69) is 43.7 Å². The fourth-order valence-electron chi connectivity index (χ4n) is 5.21. The molecule has 6 rings (SSSR count). The number of nitrogens with one attached hydrogen (secondary N) is 1. The van der Waals surface area contributed by atoms with Crippen LogP contribution in [0.25, 0.3) is 22.5 Å². The van der Waals surface area contributed by atoms with Crippen LogP contribution in [-0.4, -0.2) is 52.0 Å². The Labute approximate surface area is 214 Å². The Kier molecular flexibility index (Phi) is 5.76. The average Bonchev–Trinajstić information content (AvgIpc) is 3.28. The minimum Gasteiger partial charge on any atom is -0.396 e. The van der Waals surface area contributed by atoms with Gasteiger partial charge >= 0.3 is 0 Å². The van der Waals surface area contributed by atoms with Crippen LogP contribution in [0.15, 0.2) is 30.7 Å². The highest BCUT2D eigenvalue weighted by Crippen LogP contribution is 2.40. The highest BCUT2D eigenvalue weighted by Gasteiger charge is 2.38. The maximum absolute atomic E-state index is 9.27. The van der Waals surface area contributed by atoms with Gasteiger partial charge < -0.3 is 16.2 Å². The predicted octanol–water partition coefficient (Wildman–Crippen LogP) is 3.47. The molecule has 0 amide bonds.